The fraction of sp³-hybridized carbons (Fsp3) is 0.867. The summed E-state index contributed by atoms with van der Waals surface area (Å²) in [5.41, 5.74) is 1.79. The van der Waals surface area contributed by atoms with Crippen molar-refractivity contribution in [2.45, 2.75) is 70.5 Å². The first kappa shape index (κ1) is 11.6. The average Bonchev–Trinajstić information content (AvgIpc) is 2.90. The van der Waals surface area contributed by atoms with E-state index in [9.17, 15) is 0 Å². The fourth-order valence-electron chi connectivity index (χ4n) is 3.65. The second-order valence-corrected chi connectivity index (χ2v) is 6.33. The lowest BCUT2D eigenvalue weighted by atomic mass is 9.76. The Kier molecular flexibility index (Phi) is 3.16. The Labute approximate surface area is 104 Å². The van der Waals surface area contributed by atoms with Gasteiger partial charge in [0.2, 0.25) is 0 Å². The van der Waals surface area contributed by atoms with Crippen LogP contribution in [0.15, 0.2) is 11.8 Å². The molecule has 2 heterocycles. The van der Waals surface area contributed by atoms with Gasteiger partial charge in [0.15, 0.2) is 0 Å². The normalized spacial score (nSPS) is 40.6. The molecule has 0 aromatic rings. The molecule has 2 nitrogen and oxygen atoms in total. The molecule has 0 spiro atoms. The Hall–Kier alpha value is -0.500. The summed E-state index contributed by atoms with van der Waals surface area (Å²) in [5.74, 6) is 0. The van der Waals surface area contributed by atoms with E-state index in [1.807, 2.05) is 0 Å². The molecule has 96 valence electrons. The van der Waals surface area contributed by atoms with E-state index in [2.05, 4.69) is 13.2 Å². The van der Waals surface area contributed by atoms with Crippen LogP contribution < -0.4 is 0 Å². The largest absolute Gasteiger partial charge is 0.501 e. The smallest absolute Gasteiger partial charge is 0.0952 e. The molecule has 17 heavy (non-hydrogen) atoms. The second-order valence-electron chi connectivity index (χ2n) is 6.33. The Balaban J connectivity index is 1.50. The van der Waals surface area contributed by atoms with Gasteiger partial charge in [-0.15, -0.1) is 0 Å². The molecular weight excluding hydrogens is 212 g/mol. The lowest BCUT2D eigenvalue weighted by Crippen LogP contribution is -2.33. The van der Waals surface area contributed by atoms with Gasteiger partial charge >= 0.3 is 0 Å². The van der Waals surface area contributed by atoms with E-state index in [1.54, 1.807) is 0 Å². The molecule has 0 aromatic heterocycles. The molecule has 3 unspecified atom stereocenters. The van der Waals surface area contributed by atoms with Crippen molar-refractivity contribution >= 4 is 0 Å². The molecule has 1 aliphatic carbocycles. The monoisotopic (exact) mass is 236 g/mol. The van der Waals surface area contributed by atoms with Crippen LogP contribution in [0.3, 0.4) is 0 Å². The van der Waals surface area contributed by atoms with E-state index in [4.69, 9.17) is 9.47 Å². The third-order valence-corrected chi connectivity index (χ3v) is 4.74. The maximum atomic E-state index is 5.93. The van der Waals surface area contributed by atoms with Crippen molar-refractivity contribution in [2.75, 3.05) is 6.61 Å². The van der Waals surface area contributed by atoms with Crippen molar-refractivity contribution in [3.8, 4) is 0 Å². The average molecular weight is 236 g/mol. The van der Waals surface area contributed by atoms with Gasteiger partial charge in [-0.1, -0.05) is 13.3 Å². The van der Waals surface area contributed by atoms with Crippen molar-refractivity contribution < 1.29 is 9.47 Å². The van der Waals surface area contributed by atoms with Crippen LogP contribution in [0.2, 0.25) is 0 Å². The SMILES string of the molecule is CC1(COC=C2CCCCC2)CC2CCC1O2. The van der Waals surface area contributed by atoms with Crippen LogP contribution in [0.4, 0.5) is 0 Å². The van der Waals surface area contributed by atoms with Crippen molar-refractivity contribution in [1.82, 2.24) is 0 Å². The molecule has 2 heteroatoms. The molecule has 0 amide bonds. The Morgan fingerprint density at radius 1 is 1.29 bits per heavy atom. The lowest BCUT2D eigenvalue weighted by Gasteiger charge is -2.30. The molecule has 2 aliphatic heterocycles. The molecule has 0 N–H and O–H groups in total. The highest BCUT2D eigenvalue weighted by Gasteiger charge is 2.49. The summed E-state index contributed by atoms with van der Waals surface area (Å²) in [6.07, 6.45) is 13.3. The minimum absolute atomic E-state index is 0.272. The highest BCUT2D eigenvalue weighted by Crippen LogP contribution is 2.47. The first-order valence-corrected chi connectivity index (χ1v) is 7.21. The Morgan fingerprint density at radius 3 is 2.76 bits per heavy atom. The number of ether oxygens (including phenoxy) is 2. The zero-order valence-electron chi connectivity index (χ0n) is 10.9. The molecule has 1 saturated carbocycles. The van der Waals surface area contributed by atoms with Crippen LogP contribution in [0, 0.1) is 5.41 Å². The zero-order chi connectivity index (χ0) is 11.7. The molecule has 3 atom stereocenters. The summed E-state index contributed by atoms with van der Waals surface area (Å²) in [5, 5.41) is 0. The van der Waals surface area contributed by atoms with Crippen molar-refractivity contribution in [1.29, 1.82) is 0 Å². The number of allylic oxidation sites excluding steroid dienone is 1. The van der Waals surface area contributed by atoms with Crippen molar-refractivity contribution in [2.24, 2.45) is 5.41 Å². The van der Waals surface area contributed by atoms with Gasteiger partial charge in [0, 0.05) is 5.41 Å². The Bertz CT molecular complexity index is 302. The molecule has 2 bridgehead atoms. The summed E-state index contributed by atoms with van der Waals surface area (Å²) in [4.78, 5) is 0. The molecule has 3 rings (SSSR count). The minimum Gasteiger partial charge on any atom is -0.501 e. The number of rotatable bonds is 3. The molecule has 3 fully saturated rings. The van der Waals surface area contributed by atoms with Gasteiger partial charge in [-0.2, -0.15) is 0 Å². The molecular formula is C15H24O2. The topological polar surface area (TPSA) is 18.5 Å². The van der Waals surface area contributed by atoms with Crippen LogP contribution in [0.5, 0.6) is 0 Å². The summed E-state index contributed by atoms with van der Waals surface area (Å²) in [6, 6.07) is 0. The minimum atomic E-state index is 0.272. The van der Waals surface area contributed by atoms with Gasteiger partial charge in [0.25, 0.3) is 0 Å². The van der Waals surface area contributed by atoms with Gasteiger partial charge in [-0.3, -0.25) is 0 Å². The summed E-state index contributed by atoms with van der Waals surface area (Å²) in [6.45, 7) is 3.17. The second kappa shape index (κ2) is 4.64. The third kappa shape index (κ3) is 2.37. The number of fused-ring (bicyclic) bond motifs is 2. The van der Waals surface area contributed by atoms with Gasteiger partial charge < -0.3 is 9.47 Å². The Morgan fingerprint density at radius 2 is 2.12 bits per heavy atom. The van der Waals surface area contributed by atoms with Crippen molar-refractivity contribution in [3.63, 3.8) is 0 Å². The number of hydrogen-bond acceptors (Lipinski definition) is 2. The summed E-state index contributed by atoms with van der Waals surface area (Å²) < 4.78 is 11.8. The molecule has 0 aromatic carbocycles. The maximum Gasteiger partial charge on any atom is 0.0952 e. The van der Waals surface area contributed by atoms with Crippen LogP contribution in [-0.4, -0.2) is 18.8 Å². The van der Waals surface area contributed by atoms with E-state index in [0.717, 1.165) is 6.61 Å². The lowest BCUT2D eigenvalue weighted by molar-refractivity contribution is 0.0313. The van der Waals surface area contributed by atoms with Crippen LogP contribution in [-0.2, 0) is 9.47 Å². The fourth-order valence-corrected chi connectivity index (χ4v) is 3.65. The predicted molar refractivity (Wildman–Crippen MR) is 67.7 cm³/mol. The van der Waals surface area contributed by atoms with E-state index in [-0.39, 0.29) is 5.41 Å². The standard InChI is InChI=1S/C15H24O2/c1-15(9-13-7-8-14(15)17-13)11-16-10-12-5-3-2-4-6-12/h10,13-14H,2-9,11H2,1H3. The van der Waals surface area contributed by atoms with Crippen LogP contribution in [0.1, 0.15) is 58.3 Å². The molecule has 0 radical (unpaired) electrons. The zero-order valence-corrected chi connectivity index (χ0v) is 10.9. The van der Waals surface area contributed by atoms with Gasteiger partial charge in [0.1, 0.15) is 0 Å². The van der Waals surface area contributed by atoms with Crippen LogP contribution >= 0.6 is 0 Å². The first-order valence-electron chi connectivity index (χ1n) is 7.21. The van der Waals surface area contributed by atoms with Gasteiger partial charge in [-0.25, -0.2) is 0 Å². The molecule has 2 saturated heterocycles. The number of hydrogen-bond donors (Lipinski definition) is 0. The summed E-state index contributed by atoms with van der Waals surface area (Å²) in [7, 11) is 0. The van der Waals surface area contributed by atoms with Crippen molar-refractivity contribution in [3.05, 3.63) is 11.8 Å². The highest BCUT2D eigenvalue weighted by molar-refractivity contribution is 5.02. The third-order valence-electron chi connectivity index (χ3n) is 4.74. The summed E-state index contributed by atoms with van der Waals surface area (Å²) >= 11 is 0. The van der Waals surface area contributed by atoms with E-state index in [0.29, 0.717) is 12.2 Å². The van der Waals surface area contributed by atoms with Gasteiger partial charge in [-0.05, 0) is 50.5 Å². The predicted octanol–water partition coefficient (Wildman–Crippen LogP) is 3.81. The highest BCUT2D eigenvalue weighted by atomic mass is 16.5. The quantitative estimate of drug-likeness (QED) is 0.694. The maximum absolute atomic E-state index is 5.93. The van der Waals surface area contributed by atoms with E-state index < -0.39 is 0 Å². The van der Waals surface area contributed by atoms with Gasteiger partial charge in [0.05, 0.1) is 25.1 Å². The van der Waals surface area contributed by atoms with E-state index in [1.165, 1.54) is 56.9 Å². The molecule has 3 aliphatic rings. The van der Waals surface area contributed by atoms with E-state index >= 15 is 0 Å². The van der Waals surface area contributed by atoms with Crippen LogP contribution in [0.25, 0.3) is 0 Å². The first-order chi connectivity index (χ1) is 8.26.